The van der Waals surface area contributed by atoms with E-state index in [0.717, 1.165) is 0 Å². The highest BCUT2D eigenvalue weighted by Crippen LogP contribution is 2.27. The van der Waals surface area contributed by atoms with Crippen molar-refractivity contribution in [3.8, 4) is 5.75 Å². The van der Waals surface area contributed by atoms with Gasteiger partial charge >= 0.3 is 0 Å². The van der Waals surface area contributed by atoms with Gasteiger partial charge < -0.3 is 15.8 Å². The van der Waals surface area contributed by atoms with Crippen LogP contribution in [-0.4, -0.2) is 27.6 Å². The zero-order valence-corrected chi connectivity index (χ0v) is 12.2. The van der Waals surface area contributed by atoms with E-state index in [4.69, 9.17) is 33.7 Å². The fourth-order valence-corrected chi connectivity index (χ4v) is 1.91. The largest absolute Gasteiger partial charge is 0.490 e. The van der Waals surface area contributed by atoms with Gasteiger partial charge in [-0.15, -0.1) is 0 Å². The normalized spacial score (nSPS) is 11.9. The van der Waals surface area contributed by atoms with Crippen molar-refractivity contribution in [3.63, 3.8) is 0 Å². The fourth-order valence-electron chi connectivity index (χ4n) is 1.45. The average Bonchev–Trinajstić information content (AvgIpc) is 2.37. The molecule has 2 rings (SSSR count). The molecule has 0 saturated carbocycles. The molecule has 0 aliphatic heterocycles. The maximum Gasteiger partial charge on any atom is 0.227 e. The van der Waals surface area contributed by atoms with Gasteiger partial charge in [0.05, 0.1) is 11.1 Å². The molecule has 0 aliphatic carbocycles. The van der Waals surface area contributed by atoms with Crippen LogP contribution in [0, 0.1) is 0 Å². The molecule has 6 nitrogen and oxygen atoms in total. The van der Waals surface area contributed by atoms with E-state index in [0.29, 0.717) is 28.3 Å². The zero-order chi connectivity index (χ0) is 14.5. The molecule has 0 aliphatic rings. The molecule has 1 heterocycles. The van der Waals surface area contributed by atoms with Crippen molar-refractivity contribution in [1.29, 1.82) is 0 Å². The third-order valence-corrected chi connectivity index (χ3v) is 2.88. The molecule has 20 heavy (non-hydrogen) atoms. The maximum atomic E-state index is 6.01. The lowest BCUT2D eigenvalue weighted by Crippen LogP contribution is -2.25. The Morgan fingerprint density at radius 2 is 2.15 bits per heavy atom. The molecule has 0 radical (unpaired) electrons. The Morgan fingerprint density at radius 3 is 2.85 bits per heavy atom. The number of aromatic nitrogens is 3. The lowest BCUT2D eigenvalue weighted by molar-refractivity contribution is 0.303. The summed E-state index contributed by atoms with van der Waals surface area (Å²) in [5.74, 6) is 1.13. The molecule has 0 bridgehead atoms. The Kier molecular flexibility index (Phi) is 4.81. The Balaban J connectivity index is 1.90. The maximum absolute atomic E-state index is 6.01. The van der Waals surface area contributed by atoms with E-state index in [9.17, 15) is 0 Å². The van der Waals surface area contributed by atoms with E-state index >= 15 is 0 Å². The monoisotopic (exact) mass is 313 g/mol. The molecule has 0 fully saturated rings. The van der Waals surface area contributed by atoms with Crippen molar-refractivity contribution in [3.05, 3.63) is 34.6 Å². The molecular weight excluding hydrogens is 301 g/mol. The lowest BCUT2D eigenvalue weighted by Gasteiger charge is -2.15. The number of nitrogens with zero attached hydrogens (tertiary/aromatic N) is 3. The van der Waals surface area contributed by atoms with Crippen molar-refractivity contribution in [2.75, 3.05) is 17.7 Å². The first-order valence-electron chi connectivity index (χ1n) is 5.83. The van der Waals surface area contributed by atoms with Gasteiger partial charge in [0, 0.05) is 5.02 Å². The fraction of sp³-hybridized carbons (Fsp3) is 0.250. The number of nitrogens with two attached hydrogens (primary N) is 1. The number of rotatable bonds is 5. The number of halogens is 2. The number of hydrogen-bond acceptors (Lipinski definition) is 6. The first-order valence-corrected chi connectivity index (χ1v) is 6.59. The van der Waals surface area contributed by atoms with Gasteiger partial charge in [0.25, 0.3) is 0 Å². The minimum atomic E-state index is -0.0384. The van der Waals surface area contributed by atoms with Crippen molar-refractivity contribution in [1.82, 2.24) is 15.0 Å². The minimum Gasteiger partial charge on any atom is -0.490 e. The van der Waals surface area contributed by atoms with Crippen molar-refractivity contribution in [2.24, 2.45) is 0 Å². The molecule has 8 heteroatoms. The first-order chi connectivity index (χ1) is 9.54. The van der Waals surface area contributed by atoms with E-state index in [1.54, 1.807) is 18.2 Å². The third kappa shape index (κ3) is 4.11. The number of ether oxygens (including phenoxy) is 1. The van der Waals surface area contributed by atoms with Gasteiger partial charge in [-0.2, -0.15) is 4.98 Å². The van der Waals surface area contributed by atoms with Crippen molar-refractivity contribution < 1.29 is 4.74 Å². The highest BCUT2D eigenvalue weighted by atomic mass is 35.5. The summed E-state index contributed by atoms with van der Waals surface area (Å²) in [6, 6.07) is 5.03. The van der Waals surface area contributed by atoms with Crippen LogP contribution in [0.15, 0.2) is 24.5 Å². The molecule has 0 saturated heterocycles. The molecule has 1 atom stereocenters. The van der Waals surface area contributed by atoms with Crippen LogP contribution in [-0.2, 0) is 0 Å². The number of anilines is 2. The Bertz CT molecular complexity index is 596. The molecule has 1 aromatic heterocycles. The summed E-state index contributed by atoms with van der Waals surface area (Å²) in [5, 5.41) is 4.08. The Morgan fingerprint density at radius 1 is 1.35 bits per heavy atom. The van der Waals surface area contributed by atoms with Crippen LogP contribution in [0.5, 0.6) is 5.75 Å². The summed E-state index contributed by atoms with van der Waals surface area (Å²) < 4.78 is 5.60. The van der Waals surface area contributed by atoms with Crippen LogP contribution in [0.1, 0.15) is 6.92 Å². The highest BCUT2D eigenvalue weighted by Gasteiger charge is 2.08. The summed E-state index contributed by atoms with van der Waals surface area (Å²) in [4.78, 5) is 11.6. The van der Waals surface area contributed by atoms with Crippen LogP contribution in [0.3, 0.4) is 0 Å². The average molecular weight is 314 g/mol. The summed E-state index contributed by atoms with van der Waals surface area (Å²) in [6.45, 7) is 2.30. The van der Waals surface area contributed by atoms with Crippen LogP contribution >= 0.6 is 23.2 Å². The number of nitrogens with one attached hydrogen (secondary N) is 1. The second-order valence-electron chi connectivity index (χ2n) is 4.10. The molecule has 0 spiro atoms. The minimum absolute atomic E-state index is 0.0384. The van der Waals surface area contributed by atoms with Gasteiger partial charge in [0.2, 0.25) is 11.9 Å². The van der Waals surface area contributed by atoms with Crippen molar-refractivity contribution >= 4 is 35.1 Å². The predicted molar refractivity (Wildman–Crippen MR) is 79.3 cm³/mol. The van der Waals surface area contributed by atoms with Crippen molar-refractivity contribution in [2.45, 2.75) is 13.0 Å². The quantitative estimate of drug-likeness (QED) is 0.882. The molecule has 106 valence electrons. The lowest BCUT2D eigenvalue weighted by atomic mass is 10.3. The van der Waals surface area contributed by atoms with Crippen LogP contribution in [0.25, 0.3) is 0 Å². The molecule has 1 unspecified atom stereocenters. The van der Waals surface area contributed by atoms with Gasteiger partial charge in [0.15, 0.2) is 0 Å². The SMILES string of the molecule is CC(COc1ccc(Cl)cc1Cl)Nc1ncnc(N)n1. The number of hydrogen-bond donors (Lipinski definition) is 2. The van der Waals surface area contributed by atoms with E-state index in [1.165, 1.54) is 6.33 Å². The topological polar surface area (TPSA) is 86.0 Å². The second-order valence-corrected chi connectivity index (χ2v) is 4.94. The summed E-state index contributed by atoms with van der Waals surface area (Å²) >= 11 is 11.8. The zero-order valence-electron chi connectivity index (χ0n) is 10.7. The third-order valence-electron chi connectivity index (χ3n) is 2.35. The highest BCUT2D eigenvalue weighted by molar-refractivity contribution is 6.35. The summed E-state index contributed by atoms with van der Waals surface area (Å²) in [7, 11) is 0. The Labute approximate surface area is 126 Å². The van der Waals surface area contributed by atoms with Crippen LogP contribution < -0.4 is 15.8 Å². The standard InChI is InChI=1S/C12H13Cl2N5O/c1-7(18-12-17-6-16-11(15)19-12)5-20-10-3-2-8(13)4-9(10)14/h2-4,6-7H,5H2,1H3,(H3,15,16,17,18,19). The number of benzene rings is 1. The Hall–Kier alpha value is -1.79. The van der Waals surface area contributed by atoms with Gasteiger partial charge in [-0.25, -0.2) is 9.97 Å². The van der Waals surface area contributed by atoms with Gasteiger partial charge in [-0.3, -0.25) is 0 Å². The molecule has 0 amide bonds. The van der Waals surface area contributed by atoms with Gasteiger partial charge in [0.1, 0.15) is 18.7 Å². The van der Waals surface area contributed by atoms with Crippen LogP contribution in [0.4, 0.5) is 11.9 Å². The molecule has 1 aromatic carbocycles. The molecule has 3 N–H and O–H groups in total. The van der Waals surface area contributed by atoms with Gasteiger partial charge in [-0.05, 0) is 25.1 Å². The second kappa shape index (κ2) is 6.58. The summed E-state index contributed by atoms with van der Waals surface area (Å²) in [6.07, 6.45) is 1.34. The smallest absolute Gasteiger partial charge is 0.227 e. The van der Waals surface area contributed by atoms with E-state index < -0.39 is 0 Å². The first kappa shape index (κ1) is 14.6. The molecule has 2 aromatic rings. The van der Waals surface area contributed by atoms with Gasteiger partial charge in [-0.1, -0.05) is 23.2 Å². The summed E-state index contributed by atoms with van der Waals surface area (Å²) in [5.41, 5.74) is 5.47. The van der Waals surface area contributed by atoms with E-state index in [1.807, 2.05) is 6.92 Å². The van der Waals surface area contributed by atoms with E-state index in [-0.39, 0.29) is 12.0 Å². The number of nitrogen functional groups attached to an aromatic ring is 1. The molecular formula is C12H13Cl2N5O. The predicted octanol–water partition coefficient (Wildman–Crippen LogP) is 2.64. The van der Waals surface area contributed by atoms with Crippen LogP contribution in [0.2, 0.25) is 10.0 Å². The van der Waals surface area contributed by atoms with E-state index in [2.05, 4.69) is 20.3 Å².